The van der Waals surface area contributed by atoms with Crippen molar-refractivity contribution in [1.29, 1.82) is 0 Å². The van der Waals surface area contributed by atoms with Gasteiger partial charge in [-0.25, -0.2) is 0 Å². The summed E-state index contributed by atoms with van der Waals surface area (Å²) in [4.78, 5) is 36.2. The number of carbonyl (C=O) groups is 2. The number of rotatable bonds is 6. The topological polar surface area (TPSA) is 84.0 Å². The van der Waals surface area contributed by atoms with Gasteiger partial charge in [-0.15, -0.1) is 0 Å². The first kappa shape index (κ1) is 34.1. The van der Waals surface area contributed by atoms with Gasteiger partial charge in [0.05, 0.1) is 11.4 Å². The predicted molar refractivity (Wildman–Crippen MR) is 178 cm³/mol. The van der Waals surface area contributed by atoms with E-state index in [2.05, 4.69) is 62.1 Å². The molecule has 5 rings (SSSR count). The number of allylic oxidation sites excluding steroid dienone is 10. The first-order chi connectivity index (χ1) is 20.9. The molecule has 2 N–H and O–H groups in total. The molecule has 0 bridgehead atoms. The summed E-state index contributed by atoms with van der Waals surface area (Å²) in [5.41, 5.74) is 5.77. The molecule has 0 unspecified atom stereocenters. The van der Waals surface area contributed by atoms with Gasteiger partial charge in [-0.2, -0.15) is 0 Å². The summed E-state index contributed by atoms with van der Waals surface area (Å²) in [6.45, 7) is 12.9. The Morgan fingerprint density at radius 1 is 0.644 bits per heavy atom. The van der Waals surface area contributed by atoms with Crippen LogP contribution in [0.15, 0.2) is 108 Å². The summed E-state index contributed by atoms with van der Waals surface area (Å²) >= 11 is 0. The van der Waals surface area contributed by atoms with Crippen molar-refractivity contribution in [1.82, 2.24) is 20.6 Å². The normalized spacial score (nSPS) is 22.6. The molecule has 0 spiro atoms. The molecule has 2 aromatic heterocycles. The minimum atomic E-state index is -0.130. The van der Waals surface area contributed by atoms with Gasteiger partial charge in [0.1, 0.15) is 0 Å². The Hall–Kier alpha value is -3.80. The van der Waals surface area contributed by atoms with Crippen molar-refractivity contribution in [3.8, 4) is 0 Å². The van der Waals surface area contributed by atoms with E-state index in [0.717, 1.165) is 36.8 Å². The van der Waals surface area contributed by atoms with Crippen molar-refractivity contribution in [2.45, 2.75) is 79.3 Å². The number of nitrogens with one attached hydrogen (secondary N) is 2. The zero-order valence-electron chi connectivity index (χ0n) is 27.1. The third-order valence-corrected chi connectivity index (χ3v) is 8.52. The summed E-state index contributed by atoms with van der Waals surface area (Å²) in [6, 6.07) is 11.5. The van der Waals surface area contributed by atoms with Crippen molar-refractivity contribution in [3.63, 3.8) is 0 Å². The Morgan fingerprint density at radius 3 is 1.38 bits per heavy atom. The molecule has 239 valence electrons. The molecule has 45 heavy (non-hydrogen) atoms. The monoisotopic (exact) mass is 651 g/mol. The van der Waals surface area contributed by atoms with Gasteiger partial charge in [0.25, 0.3) is 0 Å². The van der Waals surface area contributed by atoms with Gasteiger partial charge in [0, 0.05) is 76.2 Å². The Labute approximate surface area is 278 Å². The van der Waals surface area contributed by atoms with Crippen molar-refractivity contribution in [2.75, 3.05) is 0 Å². The number of ketones is 2. The van der Waals surface area contributed by atoms with Crippen LogP contribution in [-0.2, 0) is 26.7 Å². The van der Waals surface area contributed by atoms with E-state index < -0.39 is 0 Å². The van der Waals surface area contributed by atoms with Crippen LogP contribution < -0.4 is 10.6 Å². The Kier molecular flexibility index (Phi) is 10.7. The molecule has 7 heteroatoms. The average Bonchev–Trinajstić information content (AvgIpc) is 3.00. The van der Waals surface area contributed by atoms with Crippen molar-refractivity contribution in [2.24, 2.45) is 10.8 Å². The van der Waals surface area contributed by atoms with Crippen LogP contribution in [0.2, 0.25) is 0 Å². The Morgan fingerprint density at radius 2 is 1.04 bits per heavy atom. The van der Waals surface area contributed by atoms with Crippen LogP contribution in [0.25, 0.3) is 11.1 Å². The minimum Gasteiger partial charge on any atom is -0.386 e. The molecule has 6 nitrogen and oxygen atoms in total. The van der Waals surface area contributed by atoms with E-state index in [1.54, 1.807) is 12.4 Å². The summed E-state index contributed by atoms with van der Waals surface area (Å²) in [6.07, 6.45) is 19.3. The van der Waals surface area contributed by atoms with Gasteiger partial charge >= 0.3 is 0 Å². The van der Waals surface area contributed by atoms with Crippen LogP contribution in [-0.4, -0.2) is 33.6 Å². The zero-order valence-corrected chi connectivity index (χ0v) is 28.0. The van der Waals surface area contributed by atoms with E-state index >= 15 is 0 Å². The van der Waals surface area contributed by atoms with E-state index in [9.17, 15) is 9.59 Å². The largest absolute Gasteiger partial charge is 0.386 e. The summed E-state index contributed by atoms with van der Waals surface area (Å²) in [7, 11) is 0. The van der Waals surface area contributed by atoms with Gasteiger partial charge < -0.3 is 10.6 Å². The van der Waals surface area contributed by atoms with Crippen LogP contribution in [0.5, 0.6) is 0 Å². The van der Waals surface area contributed by atoms with Crippen LogP contribution in [0, 0.1) is 10.8 Å². The maximum absolute atomic E-state index is 13.6. The number of hydrogen-bond acceptors (Lipinski definition) is 6. The van der Waals surface area contributed by atoms with E-state index in [1.165, 1.54) is 0 Å². The maximum Gasteiger partial charge on any atom is 0.196 e. The van der Waals surface area contributed by atoms with Crippen molar-refractivity contribution in [3.05, 3.63) is 119 Å². The smallest absolute Gasteiger partial charge is 0.196 e. The number of nitrogens with zero attached hydrogens (tertiary/aromatic N) is 2. The Balaban J connectivity index is 0.00000461. The van der Waals surface area contributed by atoms with E-state index in [1.807, 2.05) is 73.1 Å². The van der Waals surface area contributed by atoms with Gasteiger partial charge in [-0.1, -0.05) is 66.5 Å². The molecule has 0 saturated heterocycles. The molecular weight excluding hydrogens is 608 g/mol. The van der Waals surface area contributed by atoms with E-state index in [4.69, 9.17) is 0 Å². The Bertz CT molecular complexity index is 1480. The van der Waals surface area contributed by atoms with E-state index in [-0.39, 0.29) is 51.5 Å². The summed E-state index contributed by atoms with van der Waals surface area (Å²) in [5, 5.41) is 7.19. The van der Waals surface area contributed by atoms with Gasteiger partial charge in [0.2, 0.25) is 0 Å². The van der Waals surface area contributed by atoms with Gasteiger partial charge in [0.15, 0.2) is 11.6 Å². The van der Waals surface area contributed by atoms with Gasteiger partial charge in [-0.3, -0.25) is 19.6 Å². The third kappa shape index (κ3) is 8.08. The fraction of sp³-hybridized carbons (Fsp3) is 0.368. The van der Waals surface area contributed by atoms with Crippen LogP contribution in [0.1, 0.15) is 78.6 Å². The SMILES string of the molecule is CC(C)(C)C1=C/C(=C/N[C@H]2CCCC[C@@H]2N/C=C2/C=C(C(C)(C)C)C=C(c3ccccn3)C2=O)C(=O)C(c2ccccn2)=C1.[Cu]. The number of Topliss-reactive ketones (excluding diaryl/α,β-unsaturated/α-hetero) is 2. The second kappa shape index (κ2) is 14.1. The fourth-order valence-corrected chi connectivity index (χ4v) is 5.73. The second-order valence-corrected chi connectivity index (χ2v) is 13.9. The molecule has 1 radical (unpaired) electrons. The molecule has 0 aromatic carbocycles. The zero-order chi connectivity index (χ0) is 31.5. The maximum atomic E-state index is 13.6. The molecule has 3 aliphatic carbocycles. The fourth-order valence-electron chi connectivity index (χ4n) is 5.73. The summed E-state index contributed by atoms with van der Waals surface area (Å²) in [5.74, 6) is -0.0683. The predicted octanol–water partition coefficient (Wildman–Crippen LogP) is 7.31. The first-order valence-corrected chi connectivity index (χ1v) is 15.6. The molecule has 2 aromatic rings. The molecule has 3 aliphatic rings. The van der Waals surface area contributed by atoms with E-state index in [0.29, 0.717) is 33.7 Å². The number of hydrogen-bond donors (Lipinski definition) is 2. The number of pyridine rings is 2. The molecule has 1 fully saturated rings. The molecule has 2 atom stereocenters. The number of aromatic nitrogens is 2. The number of carbonyl (C=O) groups excluding carboxylic acids is 2. The van der Waals surface area contributed by atoms with Gasteiger partial charge in [-0.05, 0) is 83.4 Å². The molecular formula is C38H44CuN4O2. The van der Waals surface area contributed by atoms with Crippen molar-refractivity contribution < 1.29 is 26.7 Å². The van der Waals surface area contributed by atoms with Crippen LogP contribution in [0.4, 0.5) is 0 Å². The standard InChI is InChI=1S/C38H44N4O2.Cu/c1-37(2,3)27-19-25(35(43)29(21-27)31-13-9-11-17-39-31)23-41-33-15-7-8-16-34(33)42-24-26-20-28(38(4,5)6)22-30(36(26)44)32-14-10-12-18-40-32;/h9-14,17-24,33-34,41-42H,7-8,15-16H2,1-6H3;/b25-23-,26-24-;/t33-,34-;/m0./s1. The second-order valence-electron chi connectivity index (χ2n) is 13.9. The third-order valence-electron chi connectivity index (χ3n) is 8.52. The van der Waals surface area contributed by atoms with Crippen molar-refractivity contribution >= 4 is 22.7 Å². The molecule has 1 saturated carbocycles. The minimum absolute atomic E-state index is 0. The quantitative estimate of drug-likeness (QED) is 0.252. The first-order valence-electron chi connectivity index (χ1n) is 15.6. The summed E-state index contributed by atoms with van der Waals surface area (Å²) < 4.78 is 0. The van der Waals surface area contributed by atoms with Crippen LogP contribution >= 0.6 is 0 Å². The molecule has 0 aliphatic heterocycles. The van der Waals surface area contributed by atoms with Crippen LogP contribution in [0.3, 0.4) is 0 Å². The molecule has 0 amide bonds. The average molecular weight is 652 g/mol. The molecule has 2 heterocycles.